The van der Waals surface area contributed by atoms with Crippen molar-refractivity contribution < 1.29 is 31.8 Å². The number of phenolic OH excluding ortho intramolecular Hbond substituents is 1. The summed E-state index contributed by atoms with van der Waals surface area (Å²) in [5.74, 6) is -0.605. The topological polar surface area (TPSA) is 98.4 Å². The maximum absolute atomic E-state index is 12.8. The van der Waals surface area contributed by atoms with Gasteiger partial charge in [-0.2, -0.15) is 18.4 Å². The fraction of sp³-hybridized carbons (Fsp3) is 0.188. The molecule has 0 aliphatic carbocycles. The summed E-state index contributed by atoms with van der Waals surface area (Å²) >= 11 is 5.85. The van der Waals surface area contributed by atoms with Crippen molar-refractivity contribution in [2.75, 3.05) is 0 Å². The highest BCUT2D eigenvalue weighted by atomic mass is 35.5. The third kappa shape index (κ3) is 3.35. The van der Waals surface area contributed by atoms with Gasteiger partial charge in [0.25, 0.3) is 0 Å². The smallest absolute Gasteiger partial charge is 0.421 e. The molecule has 0 saturated heterocycles. The van der Waals surface area contributed by atoms with Crippen LogP contribution in [-0.2, 0) is 15.4 Å². The zero-order valence-corrected chi connectivity index (χ0v) is 14.6. The number of nitrogens with zero attached hydrogens (tertiary/aromatic N) is 1. The van der Waals surface area contributed by atoms with Crippen LogP contribution in [0.15, 0.2) is 46.2 Å². The molecule has 0 heterocycles. The highest BCUT2D eigenvalue weighted by Gasteiger charge is 2.51. The Bertz CT molecular complexity index is 994. The van der Waals surface area contributed by atoms with E-state index in [4.69, 9.17) is 16.9 Å². The van der Waals surface area contributed by atoms with Gasteiger partial charge in [-0.3, -0.25) is 0 Å². The summed E-state index contributed by atoms with van der Waals surface area (Å²) in [5.41, 5.74) is -3.93. The van der Waals surface area contributed by atoms with Gasteiger partial charge in [0.05, 0.1) is 20.4 Å². The number of nitriles is 1. The SMILES string of the molecule is C[C@](O)(c1ccc(S(=O)(=O)c2cc(O)c(C#N)cc2Cl)cc1)C(F)(F)F. The second-order valence-electron chi connectivity index (χ2n) is 5.51. The van der Waals surface area contributed by atoms with Crippen LogP contribution in [-0.4, -0.2) is 24.8 Å². The number of hydrogen-bond donors (Lipinski definition) is 2. The second kappa shape index (κ2) is 6.46. The lowest BCUT2D eigenvalue weighted by atomic mass is 9.96. The van der Waals surface area contributed by atoms with E-state index in [0.29, 0.717) is 6.92 Å². The van der Waals surface area contributed by atoms with Gasteiger partial charge in [-0.1, -0.05) is 23.7 Å². The van der Waals surface area contributed by atoms with E-state index in [1.165, 1.54) is 0 Å². The summed E-state index contributed by atoms with van der Waals surface area (Å²) < 4.78 is 63.7. The molecule has 10 heteroatoms. The van der Waals surface area contributed by atoms with Crippen LogP contribution in [0.1, 0.15) is 18.1 Å². The van der Waals surface area contributed by atoms with Crippen LogP contribution in [0, 0.1) is 11.3 Å². The first-order chi connectivity index (χ1) is 11.8. The van der Waals surface area contributed by atoms with Crippen molar-refractivity contribution in [1.82, 2.24) is 0 Å². The molecule has 2 rings (SSSR count). The van der Waals surface area contributed by atoms with Crippen molar-refractivity contribution in [2.24, 2.45) is 0 Å². The summed E-state index contributed by atoms with van der Waals surface area (Å²) in [6.07, 6.45) is -4.95. The molecule has 0 amide bonds. The molecule has 5 nitrogen and oxygen atoms in total. The number of aromatic hydroxyl groups is 1. The molecule has 0 unspecified atom stereocenters. The highest BCUT2D eigenvalue weighted by Crippen LogP contribution is 2.39. The Kier molecular flexibility index (Phi) is 4.98. The molecule has 0 aliphatic heterocycles. The Morgan fingerprint density at radius 2 is 1.69 bits per heavy atom. The summed E-state index contributed by atoms with van der Waals surface area (Å²) in [6.45, 7) is 0.548. The van der Waals surface area contributed by atoms with Crippen LogP contribution >= 0.6 is 11.6 Å². The maximum Gasteiger partial charge on any atom is 0.421 e. The molecule has 0 aliphatic rings. The predicted molar refractivity (Wildman–Crippen MR) is 85.4 cm³/mol. The largest absolute Gasteiger partial charge is 0.507 e. The fourth-order valence-corrected chi connectivity index (χ4v) is 3.89. The number of alkyl halides is 3. The van der Waals surface area contributed by atoms with Gasteiger partial charge in [-0.15, -0.1) is 0 Å². The second-order valence-corrected chi connectivity index (χ2v) is 7.83. The fourth-order valence-electron chi connectivity index (χ4n) is 2.09. The van der Waals surface area contributed by atoms with Crippen LogP contribution in [0.3, 0.4) is 0 Å². The first kappa shape index (κ1) is 20.0. The lowest BCUT2D eigenvalue weighted by molar-refractivity contribution is -0.258. The lowest BCUT2D eigenvalue weighted by Crippen LogP contribution is -2.39. The van der Waals surface area contributed by atoms with E-state index in [-0.39, 0.29) is 10.6 Å². The number of hydrogen-bond acceptors (Lipinski definition) is 5. The van der Waals surface area contributed by atoms with Crippen LogP contribution in [0.25, 0.3) is 0 Å². The van der Waals surface area contributed by atoms with E-state index in [1.807, 2.05) is 0 Å². The molecule has 0 saturated carbocycles. The number of rotatable bonds is 3. The van der Waals surface area contributed by atoms with E-state index in [0.717, 1.165) is 36.4 Å². The van der Waals surface area contributed by atoms with Crippen molar-refractivity contribution >= 4 is 21.4 Å². The minimum Gasteiger partial charge on any atom is -0.507 e. The minimum absolute atomic E-state index is 0.231. The summed E-state index contributed by atoms with van der Waals surface area (Å²) in [7, 11) is -4.28. The van der Waals surface area contributed by atoms with Gasteiger partial charge >= 0.3 is 6.18 Å². The van der Waals surface area contributed by atoms with Crippen LogP contribution in [0.2, 0.25) is 5.02 Å². The molecule has 1 atom stereocenters. The maximum atomic E-state index is 12.8. The number of phenols is 1. The molecular formula is C16H11ClF3NO4S. The molecule has 0 bridgehead atoms. The normalized spacial score (nSPS) is 14.5. The predicted octanol–water partition coefficient (Wildman–Crippen LogP) is 3.52. The van der Waals surface area contributed by atoms with Gasteiger partial charge in [0.2, 0.25) is 9.84 Å². The summed E-state index contributed by atoms with van der Waals surface area (Å²) in [4.78, 5) is -0.906. The van der Waals surface area contributed by atoms with Crippen molar-refractivity contribution in [3.63, 3.8) is 0 Å². The van der Waals surface area contributed by atoms with Gasteiger partial charge in [-0.25, -0.2) is 8.42 Å². The van der Waals surface area contributed by atoms with E-state index in [9.17, 15) is 31.8 Å². The summed E-state index contributed by atoms with van der Waals surface area (Å²) in [5, 5.41) is 27.7. The molecule has 0 fully saturated rings. The van der Waals surface area contributed by atoms with E-state index >= 15 is 0 Å². The third-order valence-corrected chi connectivity index (χ3v) is 5.97. The van der Waals surface area contributed by atoms with E-state index < -0.39 is 42.7 Å². The quantitative estimate of drug-likeness (QED) is 0.814. The molecular weight excluding hydrogens is 395 g/mol. The first-order valence-electron chi connectivity index (χ1n) is 6.89. The van der Waals surface area contributed by atoms with E-state index in [2.05, 4.69) is 0 Å². The van der Waals surface area contributed by atoms with Crippen molar-refractivity contribution in [3.8, 4) is 11.8 Å². The summed E-state index contributed by atoms with van der Waals surface area (Å²) in [6, 6.07) is 6.81. The van der Waals surface area contributed by atoms with Crippen molar-refractivity contribution in [1.29, 1.82) is 5.26 Å². The van der Waals surface area contributed by atoms with Crippen molar-refractivity contribution in [3.05, 3.63) is 52.5 Å². The Morgan fingerprint density at radius 3 is 2.15 bits per heavy atom. The molecule has 0 aromatic heterocycles. The zero-order valence-electron chi connectivity index (χ0n) is 13.0. The van der Waals surface area contributed by atoms with Crippen molar-refractivity contribution in [2.45, 2.75) is 28.5 Å². The molecule has 0 radical (unpaired) electrons. The highest BCUT2D eigenvalue weighted by molar-refractivity contribution is 7.91. The average molecular weight is 406 g/mol. The van der Waals surface area contributed by atoms with E-state index in [1.54, 1.807) is 6.07 Å². The van der Waals surface area contributed by atoms with Gasteiger partial charge in [0, 0.05) is 6.07 Å². The van der Waals surface area contributed by atoms with Crippen LogP contribution in [0.4, 0.5) is 13.2 Å². The molecule has 2 aromatic rings. The lowest BCUT2D eigenvalue weighted by Gasteiger charge is -2.26. The number of aliphatic hydroxyl groups is 1. The van der Waals surface area contributed by atoms with Gasteiger partial charge < -0.3 is 10.2 Å². The first-order valence-corrected chi connectivity index (χ1v) is 8.76. The minimum atomic E-state index is -4.95. The molecule has 2 N–H and O–H groups in total. The zero-order chi connectivity index (χ0) is 19.9. The average Bonchev–Trinajstić information content (AvgIpc) is 2.55. The Labute approximate surface area is 151 Å². The van der Waals surface area contributed by atoms with Crippen LogP contribution < -0.4 is 0 Å². The van der Waals surface area contributed by atoms with Gasteiger partial charge in [0.15, 0.2) is 5.60 Å². The Hall–Kier alpha value is -2.28. The standard InChI is InChI=1S/C16H11ClF3NO4S/c1-15(23,16(18,19)20)10-2-4-11(5-3-10)26(24,25)14-7-13(22)9(8-21)6-12(14)17/h2-7,22-23H,1H3/t15-/m0/s1. The molecule has 138 valence electrons. The Morgan fingerprint density at radius 1 is 1.15 bits per heavy atom. The van der Waals surface area contributed by atoms with Gasteiger partial charge in [0.1, 0.15) is 11.8 Å². The number of sulfone groups is 1. The molecule has 0 spiro atoms. The monoisotopic (exact) mass is 405 g/mol. The Balaban J connectivity index is 2.53. The van der Waals surface area contributed by atoms with Gasteiger partial charge in [-0.05, 0) is 30.7 Å². The number of halogens is 4. The molecule has 26 heavy (non-hydrogen) atoms. The van der Waals surface area contributed by atoms with Crippen LogP contribution in [0.5, 0.6) is 5.75 Å². The third-order valence-electron chi connectivity index (χ3n) is 3.74. The molecule has 2 aromatic carbocycles. The number of benzene rings is 2.